The molecule has 1 aliphatic heterocycles. The normalized spacial score (nSPS) is 16.9. The van der Waals surface area contributed by atoms with Crippen molar-refractivity contribution in [2.75, 3.05) is 13.1 Å². The topological polar surface area (TPSA) is 89.0 Å². The summed E-state index contributed by atoms with van der Waals surface area (Å²) in [6.07, 6.45) is 1.82. The molecule has 28 heavy (non-hydrogen) atoms. The molecule has 1 aromatic heterocycles. The number of benzene rings is 1. The van der Waals surface area contributed by atoms with E-state index < -0.39 is 11.6 Å². The molecule has 0 radical (unpaired) electrons. The fraction of sp³-hybridized carbons (Fsp3) is 0.450. The zero-order valence-electron chi connectivity index (χ0n) is 16.4. The van der Waals surface area contributed by atoms with Crippen molar-refractivity contribution in [1.29, 1.82) is 0 Å². The zero-order chi connectivity index (χ0) is 20.5. The third-order valence-electron chi connectivity index (χ3n) is 4.12. The molecule has 2 aromatic rings. The third-order valence-corrected chi connectivity index (χ3v) is 5.08. The number of thiazole rings is 1. The SMILES string of the molecule is Cc1cnc(-c2cc(O[C@H]3CCN(C(=O)OC(C)(C)C)C3)cc(C(=O)O)c2)s1. The second-order valence-corrected chi connectivity index (χ2v) is 9.02. The number of hydrogen-bond acceptors (Lipinski definition) is 6. The van der Waals surface area contributed by atoms with Gasteiger partial charge in [0.15, 0.2) is 0 Å². The number of carbonyl (C=O) groups is 2. The van der Waals surface area contributed by atoms with Crippen LogP contribution in [0.2, 0.25) is 0 Å². The van der Waals surface area contributed by atoms with Crippen LogP contribution in [0.15, 0.2) is 24.4 Å². The highest BCUT2D eigenvalue weighted by Gasteiger charge is 2.31. The number of amides is 1. The van der Waals surface area contributed by atoms with Crippen LogP contribution < -0.4 is 4.74 Å². The van der Waals surface area contributed by atoms with Crippen LogP contribution >= 0.6 is 11.3 Å². The number of carboxylic acid groups (broad SMARTS) is 1. The van der Waals surface area contributed by atoms with Gasteiger partial charge in [0.2, 0.25) is 0 Å². The minimum atomic E-state index is -1.03. The number of aryl methyl sites for hydroxylation is 1. The second-order valence-electron chi connectivity index (χ2n) is 7.78. The molecule has 0 spiro atoms. The number of carbonyl (C=O) groups excluding carboxylic acids is 1. The maximum atomic E-state index is 12.2. The summed E-state index contributed by atoms with van der Waals surface area (Å²) in [4.78, 5) is 30.7. The molecule has 0 saturated carbocycles. The minimum absolute atomic E-state index is 0.141. The Labute approximate surface area is 167 Å². The quantitative estimate of drug-likeness (QED) is 0.821. The third kappa shape index (κ3) is 5.01. The number of ether oxygens (including phenoxy) is 2. The van der Waals surface area contributed by atoms with E-state index in [9.17, 15) is 14.7 Å². The summed E-state index contributed by atoms with van der Waals surface area (Å²) in [7, 11) is 0. The molecule has 1 amide bonds. The van der Waals surface area contributed by atoms with Crippen LogP contribution in [0.4, 0.5) is 4.79 Å². The molecule has 3 rings (SSSR count). The molecule has 1 N–H and O–H groups in total. The Morgan fingerprint density at radius 1 is 1.29 bits per heavy atom. The highest BCUT2D eigenvalue weighted by molar-refractivity contribution is 7.14. The Morgan fingerprint density at radius 3 is 2.64 bits per heavy atom. The van der Waals surface area contributed by atoms with E-state index >= 15 is 0 Å². The van der Waals surface area contributed by atoms with Crippen molar-refractivity contribution in [3.8, 4) is 16.3 Å². The van der Waals surface area contributed by atoms with E-state index in [0.717, 1.165) is 9.88 Å². The van der Waals surface area contributed by atoms with E-state index in [0.29, 0.717) is 30.8 Å². The number of carboxylic acids is 1. The lowest BCUT2D eigenvalue weighted by Gasteiger charge is -2.24. The van der Waals surface area contributed by atoms with Gasteiger partial charge in [-0.3, -0.25) is 0 Å². The molecule has 8 heteroatoms. The summed E-state index contributed by atoms with van der Waals surface area (Å²) in [5, 5.41) is 10.2. The van der Waals surface area contributed by atoms with Gasteiger partial charge in [-0.2, -0.15) is 0 Å². The molecule has 1 aliphatic rings. The van der Waals surface area contributed by atoms with Crippen molar-refractivity contribution in [3.63, 3.8) is 0 Å². The van der Waals surface area contributed by atoms with E-state index in [2.05, 4.69) is 4.98 Å². The molecular weight excluding hydrogens is 380 g/mol. The Hall–Kier alpha value is -2.61. The van der Waals surface area contributed by atoms with Crippen molar-refractivity contribution in [1.82, 2.24) is 9.88 Å². The van der Waals surface area contributed by atoms with Crippen molar-refractivity contribution in [2.45, 2.75) is 45.8 Å². The Kier molecular flexibility index (Phi) is 5.60. The molecule has 2 heterocycles. The van der Waals surface area contributed by atoms with E-state index in [4.69, 9.17) is 9.47 Å². The largest absolute Gasteiger partial charge is 0.488 e. The van der Waals surface area contributed by atoms with Gasteiger partial charge in [-0.05, 0) is 45.9 Å². The number of rotatable bonds is 4. The van der Waals surface area contributed by atoms with Gasteiger partial charge in [0, 0.05) is 29.6 Å². The number of hydrogen-bond donors (Lipinski definition) is 1. The molecule has 1 fully saturated rings. The smallest absolute Gasteiger partial charge is 0.410 e. The Morgan fingerprint density at radius 2 is 2.04 bits per heavy atom. The first-order valence-electron chi connectivity index (χ1n) is 9.06. The second kappa shape index (κ2) is 7.79. The van der Waals surface area contributed by atoms with Crippen LogP contribution in [0.3, 0.4) is 0 Å². The number of nitrogens with zero attached hydrogens (tertiary/aromatic N) is 2. The predicted molar refractivity (Wildman–Crippen MR) is 106 cm³/mol. The summed E-state index contributed by atoms with van der Waals surface area (Å²) in [5.41, 5.74) is 0.296. The van der Waals surface area contributed by atoms with Gasteiger partial charge in [0.25, 0.3) is 0 Å². The van der Waals surface area contributed by atoms with Crippen LogP contribution in [-0.4, -0.2) is 51.8 Å². The summed E-state index contributed by atoms with van der Waals surface area (Å²) in [6.45, 7) is 8.37. The van der Waals surface area contributed by atoms with Gasteiger partial charge >= 0.3 is 12.1 Å². The monoisotopic (exact) mass is 404 g/mol. The first-order chi connectivity index (χ1) is 13.1. The van der Waals surface area contributed by atoms with Gasteiger partial charge in [-0.15, -0.1) is 11.3 Å². The highest BCUT2D eigenvalue weighted by Crippen LogP contribution is 2.30. The molecule has 7 nitrogen and oxygen atoms in total. The van der Waals surface area contributed by atoms with E-state index in [-0.39, 0.29) is 17.8 Å². The average Bonchev–Trinajstić information content (AvgIpc) is 3.22. The van der Waals surface area contributed by atoms with Crippen molar-refractivity contribution >= 4 is 23.4 Å². The minimum Gasteiger partial charge on any atom is -0.488 e. The summed E-state index contributed by atoms with van der Waals surface area (Å²) < 4.78 is 11.4. The molecule has 1 atom stereocenters. The average molecular weight is 404 g/mol. The molecule has 150 valence electrons. The van der Waals surface area contributed by atoms with Gasteiger partial charge in [-0.1, -0.05) is 0 Å². The Balaban J connectivity index is 1.74. The molecular formula is C20H24N2O5S. The number of aromatic carboxylic acids is 1. The maximum absolute atomic E-state index is 12.2. The fourth-order valence-electron chi connectivity index (χ4n) is 2.91. The van der Waals surface area contributed by atoms with Crippen LogP contribution in [0.5, 0.6) is 5.75 Å². The lowest BCUT2D eigenvalue weighted by atomic mass is 10.1. The van der Waals surface area contributed by atoms with Crippen LogP contribution in [0.25, 0.3) is 10.6 Å². The van der Waals surface area contributed by atoms with Gasteiger partial charge < -0.3 is 19.5 Å². The molecule has 0 bridgehead atoms. The van der Waals surface area contributed by atoms with E-state index in [1.165, 1.54) is 17.4 Å². The fourth-order valence-corrected chi connectivity index (χ4v) is 3.66. The predicted octanol–water partition coefficient (Wildman–Crippen LogP) is 4.20. The number of aromatic nitrogens is 1. The summed E-state index contributed by atoms with van der Waals surface area (Å²) in [6, 6.07) is 4.89. The van der Waals surface area contributed by atoms with Crippen molar-refractivity contribution in [2.24, 2.45) is 0 Å². The van der Waals surface area contributed by atoms with E-state index in [1.807, 2.05) is 27.7 Å². The molecule has 0 aliphatic carbocycles. The molecule has 0 unspecified atom stereocenters. The first kappa shape index (κ1) is 20.1. The van der Waals surface area contributed by atoms with Crippen molar-refractivity contribution in [3.05, 3.63) is 34.8 Å². The molecule has 1 saturated heterocycles. The van der Waals surface area contributed by atoms with Gasteiger partial charge in [0.05, 0.1) is 12.1 Å². The van der Waals surface area contributed by atoms with Gasteiger partial charge in [0.1, 0.15) is 22.5 Å². The summed E-state index contributed by atoms with van der Waals surface area (Å²) >= 11 is 1.49. The van der Waals surface area contributed by atoms with Crippen LogP contribution in [-0.2, 0) is 4.74 Å². The van der Waals surface area contributed by atoms with Crippen molar-refractivity contribution < 1.29 is 24.2 Å². The lowest BCUT2D eigenvalue weighted by molar-refractivity contribution is 0.0275. The standard InChI is InChI=1S/C20H24N2O5S/c1-12-10-21-17(28-12)13-7-14(18(23)24)9-16(8-13)26-15-5-6-22(11-15)19(25)27-20(2,3)4/h7-10,15H,5-6,11H2,1-4H3,(H,23,24)/t15-/m0/s1. The zero-order valence-corrected chi connectivity index (χ0v) is 17.2. The molecule has 1 aromatic carbocycles. The van der Waals surface area contributed by atoms with Crippen LogP contribution in [0, 0.1) is 6.92 Å². The first-order valence-corrected chi connectivity index (χ1v) is 9.88. The number of likely N-dealkylation sites (tertiary alicyclic amines) is 1. The highest BCUT2D eigenvalue weighted by atomic mass is 32.1. The van der Waals surface area contributed by atoms with E-state index in [1.54, 1.807) is 23.2 Å². The summed E-state index contributed by atoms with van der Waals surface area (Å²) in [5.74, 6) is -0.569. The van der Waals surface area contributed by atoms with Crippen LogP contribution in [0.1, 0.15) is 42.4 Å². The van der Waals surface area contributed by atoms with Gasteiger partial charge in [-0.25, -0.2) is 14.6 Å². The maximum Gasteiger partial charge on any atom is 0.410 e. The lowest BCUT2D eigenvalue weighted by Crippen LogP contribution is -2.36. The Bertz CT molecular complexity index is 887.